The van der Waals surface area contributed by atoms with Crippen LogP contribution in [0.25, 0.3) is 0 Å². The Labute approximate surface area is 150 Å². The van der Waals surface area contributed by atoms with Crippen LogP contribution in [0, 0.1) is 9.40 Å². The molecule has 0 heterocycles. The average molecular weight is 532 g/mol. The molecule has 0 aliphatic rings. The van der Waals surface area contributed by atoms with Crippen molar-refractivity contribution in [2.45, 2.75) is 6.18 Å². The topological polar surface area (TPSA) is 0 Å². The van der Waals surface area contributed by atoms with Crippen molar-refractivity contribution in [1.82, 2.24) is 0 Å². The molecule has 0 atom stereocenters. The van der Waals surface area contributed by atoms with E-state index < -0.39 is 27.3 Å². The van der Waals surface area contributed by atoms with Gasteiger partial charge in [-0.1, -0.05) is 0 Å². The Bertz CT molecular complexity index is 780. The molecule has 0 aliphatic carbocycles. The van der Waals surface area contributed by atoms with Crippen LogP contribution in [0.15, 0.2) is 91.0 Å². The molecule has 0 N–H and O–H groups in total. The van der Waals surface area contributed by atoms with Crippen molar-refractivity contribution in [3.05, 3.63) is 91.0 Å². The molecule has 0 bridgehead atoms. The van der Waals surface area contributed by atoms with E-state index in [0.29, 0.717) is 0 Å². The summed E-state index contributed by atoms with van der Waals surface area (Å²) in [7, 11) is 0. The van der Waals surface area contributed by atoms with Gasteiger partial charge in [0.15, 0.2) is 0 Å². The Morgan fingerprint density at radius 1 is 0.560 bits per heavy atom. The fourth-order valence-electron chi connectivity index (χ4n) is 2.95. The van der Waals surface area contributed by atoms with Gasteiger partial charge in [-0.05, 0) is 0 Å². The van der Waals surface area contributed by atoms with Crippen molar-refractivity contribution >= 4 is 30.5 Å². The monoisotopic (exact) mass is 532 g/mol. The predicted molar refractivity (Wildman–Crippen MR) is 97.8 cm³/mol. The predicted octanol–water partition coefficient (Wildman–Crippen LogP) is 3.26. The summed E-state index contributed by atoms with van der Waals surface area (Å²) in [5, 5.41) is 0. The first-order valence-corrected chi connectivity index (χ1v) is 15.6. The third kappa shape index (κ3) is 3.96. The van der Waals surface area contributed by atoms with Crippen molar-refractivity contribution in [1.29, 1.82) is 0 Å². The molecule has 3 aromatic carbocycles. The van der Waals surface area contributed by atoms with Crippen molar-refractivity contribution in [2.24, 2.45) is 0 Å². The van der Waals surface area contributed by atoms with Gasteiger partial charge < -0.3 is 0 Å². The summed E-state index contributed by atoms with van der Waals surface area (Å²) in [4.78, 5) is 0. The molecular formula is C21H15F3Pb. The molecule has 0 spiro atoms. The first-order valence-electron chi connectivity index (χ1n) is 7.80. The van der Waals surface area contributed by atoms with Gasteiger partial charge in [0.25, 0.3) is 0 Å². The van der Waals surface area contributed by atoms with Gasteiger partial charge in [-0.3, -0.25) is 0 Å². The Morgan fingerprint density at radius 2 is 0.880 bits per heavy atom. The number of hydrogen-bond acceptors (Lipinski definition) is 0. The van der Waals surface area contributed by atoms with E-state index in [4.69, 9.17) is 0 Å². The van der Waals surface area contributed by atoms with E-state index in [1.807, 2.05) is 91.0 Å². The van der Waals surface area contributed by atoms with Gasteiger partial charge in [0, 0.05) is 0 Å². The van der Waals surface area contributed by atoms with Crippen LogP contribution in [0.4, 0.5) is 13.2 Å². The molecule has 0 amide bonds. The first kappa shape index (κ1) is 17.7. The minimum absolute atomic E-state index is 0.921. The van der Waals surface area contributed by atoms with Crippen LogP contribution in [-0.4, -0.2) is 27.3 Å². The third-order valence-corrected chi connectivity index (χ3v) is 19.9. The molecule has 4 heteroatoms. The van der Waals surface area contributed by atoms with E-state index in [-0.39, 0.29) is 0 Å². The van der Waals surface area contributed by atoms with Crippen molar-refractivity contribution in [3.8, 4) is 9.40 Å². The maximum absolute atomic E-state index is 13.0. The molecule has 0 saturated heterocycles. The van der Waals surface area contributed by atoms with Gasteiger partial charge in [-0.2, -0.15) is 0 Å². The molecule has 3 aromatic rings. The van der Waals surface area contributed by atoms with Gasteiger partial charge in [0.05, 0.1) is 0 Å². The maximum atomic E-state index is 13.0. The van der Waals surface area contributed by atoms with E-state index in [9.17, 15) is 13.2 Å². The van der Waals surface area contributed by atoms with Crippen LogP contribution in [0.5, 0.6) is 0 Å². The molecule has 124 valence electrons. The third-order valence-electron chi connectivity index (χ3n) is 4.01. The average Bonchev–Trinajstić information content (AvgIpc) is 2.64. The zero-order valence-corrected chi connectivity index (χ0v) is 17.2. The quantitative estimate of drug-likeness (QED) is 0.360. The van der Waals surface area contributed by atoms with Crippen LogP contribution in [0.1, 0.15) is 0 Å². The van der Waals surface area contributed by atoms with Crippen LogP contribution in [0.2, 0.25) is 0 Å². The number of alkyl halides is 3. The summed E-state index contributed by atoms with van der Waals surface area (Å²) in [6.45, 7) is 0. The summed E-state index contributed by atoms with van der Waals surface area (Å²) in [6, 6.07) is 28.3. The van der Waals surface area contributed by atoms with Gasteiger partial charge in [-0.15, -0.1) is 0 Å². The molecule has 0 aliphatic heterocycles. The standard InChI is InChI=1S/3C6H5.C3F3.Pb/c3*1-2-4-6-5-3-1;1-2-3(4,5)6;/h3*1-5H;;. The van der Waals surface area contributed by atoms with E-state index in [1.165, 1.54) is 0 Å². The number of halogens is 3. The number of benzene rings is 3. The zero-order valence-electron chi connectivity index (χ0n) is 13.3. The Hall–Kier alpha value is -2.07. The van der Waals surface area contributed by atoms with Gasteiger partial charge >= 0.3 is 150 Å². The Kier molecular flexibility index (Phi) is 5.28. The Morgan fingerprint density at radius 3 is 1.16 bits per heavy atom. The summed E-state index contributed by atoms with van der Waals surface area (Å²) in [6.07, 6.45) is -4.51. The van der Waals surface area contributed by atoms with Crippen LogP contribution in [0.3, 0.4) is 0 Å². The van der Waals surface area contributed by atoms with Gasteiger partial charge in [0.2, 0.25) is 0 Å². The molecule has 0 radical (unpaired) electrons. The van der Waals surface area contributed by atoms with E-state index in [2.05, 4.69) is 3.48 Å². The van der Waals surface area contributed by atoms with Crippen LogP contribution < -0.4 is 9.37 Å². The second-order valence-electron chi connectivity index (χ2n) is 5.60. The number of hydrogen-bond donors (Lipinski definition) is 0. The molecule has 0 saturated carbocycles. The van der Waals surface area contributed by atoms with Gasteiger partial charge in [-0.25, -0.2) is 0 Å². The Balaban J connectivity index is 2.37. The second-order valence-corrected chi connectivity index (χ2v) is 19.1. The molecule has 0 aromatic heterocycles. The fourth-order valence-corrected chi connectivity index (χ4v) is 17.9. The fraction of sp³-hybridized carbons (Fsp3) is 0.0476. The van der Waals surface area contributed by atoms with Crippen LogP contribution >= 0.6 is 0 Å². The normalized spacial score (nSPS) is 11.5. The molecule has 3 rings (SSSR count). The second kappa shape index (κ2) is 7.44. The number of rotatable bonds is 3. The van der Waals surface area contributed by atoms with E-state index in [1.54, 1.807) is 5.92 Å². The minimum atomic E-state index is -4.51. The van der Waals surface area contributed by atoms with Gasteiger partial charge in [0.1, 0.15) is 0 Å². The summed E-state index contributed by atoms with van der Waals surface area (Å²) >= 11 is -4.27. The molecule has 25 heavy (non-hydrogen) atoms. The zero-order chi connectivity index (χ0) is 17.8. The molecule has 0 fully saturated rings. The molecular weight excluding hydrogens is 516 g/mol. The first-order chi connectivity index (χ1) is 12.0. The summed E-state index contributed by atoms with van der Waals surface area (Å²) in [5.41, 5.74) is 0. The van der Waals surface area contributed by atoms with Crippen molar-refractivity contribution < 1.29 is 13.2 Å². The van der Waals surface area contributed by atoms with Crippen molar-refractivity contribution in [3.63, 3.8) is 0 Å². The van der Waals surface area contributed by atoms with E-state index >= 15 is 0 Å². The summed E-state index contributed by atoms with van der Waals surface area (Å²) in [5.74, 6) is 1.61. The summed E-state index contributed by atoms with van der Waals surface area (Å²) < 4.78 is 44.5. The molecule has 0 nitrogen and oxygen atoms in total. The van der Waals surface area contributed by atoms with E-state index in [0.717, 1.165) is 9.37 Å². The van der Waals surface area contributed by atoms with Crippen LogP contribution in [-0.2, 0) is 0 Å². The van der Waals surface area contributed by atoms with Crippen molar-refractivity contribution in [2.75, 3.05) is 0 Å². The SMILES string of the molecule is FC(F)(F)C#[C][Pb]([c]1ccccc1)([c]1ccccc1)[c]1ccccc1. The molecule has 0 unspecified atom stereocenters.